The molecule has 1 atom stereocenters. The number of nitrogens with one attached hydrogen (secondary N) is 1. The van der Waals surface area contributed by atoms with E-state index in [2.05, 4.69) is 5.32 Å². The summed E-state index contributed by atoms with van der Waals surface area (Å²) in [6.07, 6.45) is 0. The average molecular weight is 158 g/mol. The SMILES string of the molecule is CCN(C(C)=O)C(C)CNC. The normalized spacial score (nSPS) is 12.7. The molecule has 1 amide bonds. The highest BCUT2D eigenvalue weighted by Gasteiger charge is 2.12. The van der Waals surface area contributed by atoms with Crippen LogP contribution in [0.1, 0.15) is 20.8 Å². The Balaban J connectivity index is 3.91. The van der Waals surface area contributed by atoms with E-state index in [1.807, 2.05) is 25.8 Å². The van der Waals surface area contributed by atoms with Gasteiger partial charge < -0.3 is 10.2 Å². The topological polar surface area (TPSA) is 32.3 Å². The molecule has 0 rings (SSSR count). The first kappa shape index (κ1) is 10.4. The molecule has 1 unspecified atom stereocenters. The van der Waals surface area contributed by atoms with Gasteiger partial charge in [0.2, 0.25) is 5.91 Å². The van der Waals surface area contributed by atoms with Crippen molar-refractivity contribution in [3.05, 3.63) is 0 Å². The van der Waals surface area contributed by atoms with Crippen molar-refractivity contribution in [1.29, 1.82) is 0 Å². The molecule has 0 spiro atoms. The summed E-state index contributed by atoms with van der Waals surface area (Å²) >= 11 is 0. The Morgan fingerprint density at radius 2 is 2.18 bits per heavy atom. The highest BCUT2D eigenvalue weighted by Crippen LogP contribution is 1.97. The van der Waals surface area contributed by atoms with Gasteiger partial charge in [0.25, 0.3) is 0 Å². The molecule has 0 bridgehead atoms. The van der Waals surface area contributed by atoms with Crippen LogP contribution in [0, 0.1) is 0 Å². The van der Waals surface area contributed by atoms with Crippen LogP contribution in [-0.4, -0.2) is 37.0 Å². The van der Waals surface area contributed by atoms with Gasteiger partial charge in [-0.25, -0.2) is 0 Å². The molecule has 0 aromatic heterocycles. The third kappa shape index (κ3) is 3.37. The van der Waals surface area contributed by atoms with Gasteiger partial charge in [-0.1, -0.05) is 0 Å². The minimum absolute atomic E-state index is 0.148. The Labute approximate surface area is 68.8 Å². The van der Waals surface area contributed by atoms with Gasteiger partial charge in [0, 0.05) is 26.1 Å². The zero-order chi connectivity index (χ0) is 8.85. The lowest BCUT2D eigenvalue weighted by atomic mass is 10.3. The molecule has 0 radical (unpaired) electrons. The Kier molecular flexibility index (Phi) is 4.86. The zero-order valence-electron chi connectivity index (χ0n) is 7.85. The van der Waals surface area contributed by atoms with Crippen molar-refractivity contribution in [2.75, 3.05) is 20.1 Å². The molecule has 3 heteroatoms. The van der Waals surface area contributed by atoms with Gasteiger partial charge in [-0.15, -0.1) is 0 Å². The molecule has 0 fully saturated rings. The van der Waals surface area contributed by atoms with E-state index in [4.69, 9.17) is 0 Å². The second kappa shape index (κ2) is 5.13. The van der Waals surface area contributed by atoms with E-state index < -0.39 is 0 Å². The van der Waals surface area contributed by atoms with Gasteiger partial charge in [-0.3, -0.25) is 4.79 Å². The molecule has 0 aromatic carbocycles. The van der Waals surface area contributed by atoms with Crippen molar-refractivity contribution in [3.8, 4) is 0 Å². The van der Waals surface area contributed by atoms with Crippen molar-refractivity contribution in [2.45, 2.75) is 26.8 Å². The second-order valence-corrected chi connectivity index (χ2v) is 2.71. The largest absolute Gasteiger partial charge is 0.339 e. The first-order valence-electron chi connectivity index (χ1n) is 4.05. The molecule has 0 aromatic rings. The zero-order valence-corrected chi connectivity index (χ0v) is 7.85. The lowest BCUT2D eigenvalue weighted by Crippen LogP contribution is -2.42. The molecule has 0 aliphatic heterocycles. The number of carbonyl (C=O) groups is 1. The summed E-state index contributed by atoms with van der Waals surface area (Å²) in [7, 11) is 1.89. The summed E-state index contributed by atoms with van der Waals surface area (Å²) in [5.41, 5.74) is 0. The van der Waals surface area contributed by atoms with Crippen LogP contribution in [0.2, 0.25) is 0 Å². The Morgan fingerprint density at radius 1 is 1.64 bits per heavy atom. The Hall–Kier alpha value is -0.570. The highest BCUT2D eigenvalue weighted by atomic mass is 16.2. The highest BCUT2D eigenvalue weighted by molar-refractivity contribution is 5.73. The molecular weight excluding hydrogens is 140 g/mol. The van der Waals surface area contributed by atoms with Crippen LogP contribution in [0.15, 0.2) is 0 Å². The summed E-state index contributed by atoms with van der Waals surface area (Å²) in [6, 6.07) is 0.294. The fourth-order valence-corrected chi connectivity index (χ4v) is 1.25. The molecule has 0 heterocycles. The van der Waals surface area contributed by atoms with E-state index in [0.717, 1.165) is 13.1 Å². The predicted molar refractivity (Wildman–Crippen MR) is 46.4 cm³/mol. The van der Waals surface area contributed by atoms with Gasteiger partial charge in [0.1, 0.15) is 0 Å². The summed E-state index contributed by atoms with van der Waals surface area (Å²) in [5, 5.41) is 3.04. The van der Waals surface area contributed by atoms with Gasteiger partial charge in [0.15, 0.2) is 0 Å². The number of amides is 1. The van der Waals surface area contributed by atoms with E-state index in [0.29, 0.717) is 6.04 Å². The number of nitrogens with zero attached hydrogens (tertiary/aromatic N) is 1. The molecule has 66 valence electrons. The molecule has 3 nitrogen and oxygen atoms in total. The van der Waals surface area contributed by atoms with Gasteiger partial charge in [-0.2, -0.15) is 0 Å². The van der Waals surface area contributed by atoms with Crippen LogP contribution in [0.25, 0.3) is 0 Å². The van der Waals surface area contributed by atoms with E-state index in [9.17, 15) is 4.79 Å². The first-order chi connectivity index (χ1) is 5.13. The minimum Gasteiger partial charge on any atom is -0.339 e. The Bertz CT molecular complexity index is 125. The molecule has 0 aliphatic carbocycles. The maximum absolute atomic E-state index is 11.0. The lowest BCUT2D eigenvalue weighted by Gasteiger charge is -2.26. The van der Waals surface area contributed by atoms with E-state index in [-0.39, 0.29) is 5.91 Å². The molecule has 1 N–H and O–H groups in total. The van der Waals surface area contributed by atoms with Crippen molar-refractivity contribution in [2.24, 2.45) is 0 Å². The maximum atomic E-state index is 11.0. The van der Waals surface area contributed by atoms with Crippen LogP contribution in [0.4, 0.5) is 0 Å². The van der Waals surface area contributed by atoms with Crippen LogP contribution >= 0.6 is 0 Å². The average Bonchev–Trinajstić information content (AvgIpc) is 1.88. The summed E-state index contributed by atoms with van der Waals surface area (Å²) in [6.45, 7) is 7.29. The van der Waals surface area contributed by atoms with Crippen molar-refractivity contribution < 1.29 is 4.79 Å². The molecular formula is C8H18N2O. The smallest absolute Gasteiger partial charge is 0.219 e. The molecule has 0 aliphatic rings. The fourth-order valence-electron chi connectivity index (χ4n) is 1.25. The van der Waals surface area contributed by atoms with Crippen molar-refractivity contribution in [1.82, 2.24) is 10.2 Å². The first-order valence-corrected chi connectivity index (χ1v) is 4.05. The van der Waals surface area contributed by atoms with Crippen molar-refractivity contribution in [3.63, 3.8) is 0 Å². The number of carbonyl (C=O) groups excluding carboxylic acids is 1. The van der Waals surface area contributed by atoms with Gasteiger partial charge in [-0.05, 0) is 20.9 Å². The molecule has 0 saturated heterocycles. The van der Waals surface area contributed by atoms with E-state index in [1.54, 1.807) is 6.92 Å². The third-order valence-corrected chi connectivity index (χ3v) is 1.78. The van der Waals surface area contributed by atoms with Gasteiger partial charge in [0.05, 0.1) is 0 Å². The minimum atomic E-state index is 0.148. The summed E-state index contributed by atoms with van der Waals surface area (Å²) in [4.78, 5) is 12.8. The van der Waals surface area contributed by atoms with Crippen LogP contribution in [0.5, 0.6) is 0 Å². The summed E-state index contributed by atoms with van der Waals surface area (Å²) in [5.74, 6) is 0.148. The predicted octanol–water partition coefficient (Wildman–Crippen LogP) is 0.463. The molecule has 0 saturated carbocycles. The second-order valence-electron chi connectivity index (χ2n) is 2.71. The number of rotatable bonds is 4. The third-order valence-electron chi connectivity index (χ3n) is 1.78. The lowest BCUT2D eigenvalue weighted by molar-refractivity contribution is -0.130. The monoisotopic (exact) mass is 158 g/mol. The number of hydrogen-bond donors (Lipinski definition) is 1. The van der Waals surface area contributed by atoms with Crippen LogP contribution in [-0.2, 0) is 4.79 Å². The number of likely N-dealkylation sites (N-methyl/N-ethyl adjacent to an activating group) is 2. The van der Waals surface area contributed by atoms with E-state index in [1.165, 1.54) is 0 Å². The van der Waals surface area contributed by atoms with Crippen molar-refractivity contribution >= 4 is 5.91 Å². The fraction of sp³-hybridized carbons (Fsp3) is 0.875. The van der Waals surface area contributed by atoms with Gasteiger partial charge >= 0.3 is 0 Å². The van der Waals surface area contributed by atoms with E-state index >= 15 is 0 Å². The van der Waals surface area contributed by atoms with Crippen LogP contribution < -0.4 is 5.32 Å². The Morgan fingerprint density at radius 3 is 2.45 bits per heavy atom. The standard InChI is InChI=1S/C8H18N2O/c1-5-10(8(3)11)7(2)6-9-4/h7,9H,5-6H2,1-4H3. The summed E-state index contributed by atoms with van der Waals surface area (Å²) < 4.78 is 0. The van der Waals surface area contributed by atoms with Crippen LogP contribution in [0.3, 0.4) is 0 Å². The molecule has 11 heavy (non-hydrogen) atoms. The quantitative estimate of drug-likeness (QED) is 0.644. The maximum Gasteiger partial charge on any atom is 0.219 e. The number of hydrogen-bond acceptors (Lipinski definition) is 2.